The maximum absolute atomic E-state index is 12.2. The number of unbranched alkanes of at least 4 members (excludes halogenated alkanes) is 5. The van der Waals surface area contributed by atoms with E-state index in [1.54, 1.807) is 11.8 Å². The Balaban J connectivity index is 2.36. The Bertz CT molecular complexity index is 471. The summed E-state index contributed by atoms with van der Waals surface area (Å²) >= 11 is 1.69. The number of carbonyl (C=O) groups excluding carboxylic acids is 2. The van der Waals surface area contributed by atoms with Crippen LogP contribution >= 0.6 is 11.8 Å². The lowest BCUT2D eigenvalue weighted by Crippen LogP contribution is -2.35. The molecule has 1 fully saturated rings. The Labute approximate surface area is 167 Å². The lowest BCUT2D eigenvalue weighted by atomic mass is 10.1. The molecular weight excluding hydrogens is 366 g/mol. The Hall–Kier alpha value is -1.24. The van der Waals surface area contributed by atoms with E-state index in [1.165, 1.54) is 6.92 Å². The molecule has 0 spiro atoms. The van der Waals surface area contributed by atoms with Crippen molar-refractivity contribution in [2.75, 3.05) is 12.3 Å². The van der Waals surface area contributed by atoms with Gasteiger partial charge in [-0.25, -0.2) is 0 Å². The van der Waals surface area contributed by atoms with Gasteiger partial charge in [0.25, 0.3) is 0 Å². The highest BCUT2D eigenvalue weighted by Gasteiger charge is 2.31. The second-order valence-corrected chi connectivity index (χ2v) is 8.38. The minimum Gasteiger partial charge on any atom is -0.481 e. The molecule has 0 aliphatic carbocycles. The van der Waals surface area contributed by atoms with Crippen molar-refractivity contribution in [3.05, 3.63) is 0 Å². The number of ether oxygens (including phenoxy) is 1. The van der Waals surface area contributed by atoms with Crippen LogP contribution in [0.25, 0.3) is 0 Å². The summed E-state index contributed by atoms with van der Waals surface area (Å²) in [5.41, 5.74) is 0. The van der Waals surface area contributed by atoms with Gasteiger partial charge in [0.15, 0.2) is 0 Å². The van der Waals surface area contributed by atoms with Crippen molar-refractivity contribution >= 4 is 29.6 Å². The number of carboxylic acids is 1. The summed E-state index contributed by atoms with van der Waals surface area (Å²) in [6, 6.07) is 0. The van der Waals surface area contributed by atoms with Crippen LogP contribution in [-0.2, 0) is 19.1 Å². The van der Waals surface area contributed by atoms with Crippen molar-refractivity contribution in [3.8, 4) is 0 Å². The van der Waals surface area contributed by atoms with Crippen molar-refractivity contribution < 1.29 is 24.2 Å². The van der Waals surface area contributed by atoms with Crippen molar-refractivity contribution in [2.45, 2.75) is 96.0 Å². The summed E-state index contributed by atoms with van der Waals surface area (Å²) < 4.78 is 5.44. The number of carboxylic acid groups (broad SMARTS) is 1. The molecule has 0 saturated carbocycles. The number of thioether (sulfide) groups is 1. The van der Waals surface area contributed by atoms with Gasteiger partial charge >= 0.3 is 11.9 Å². The third-order valence-electron chi connectivity index (χ3n) is 4.81. The smallest absolute Gasteiger partial charge is 0.303 e. The van der Waals surface area contributed by atoms with E-state index in [1.807, 2.05) is 4.90 Å². The molecule has 156 valence electrons. The van der Waals surface area contributed by atoms with Gasteiger partial charge in [-0.1, -0.05) is 39.0 Å². The molecule has 1 saturated heterocycles. The zero-order chi connectivity index (χ0) is 20.1. The van der Waals surface area contributed by atoms with E-state index in [0.29, 0.717) is 18.7 Å². The predicted octanol–water partition coefficient (Wildman–Crippen LogP) is 4.22. The average molecular weight is 402 g/mol. The highest BCUT2D eigenvalue weighted by Crippen LogP contribution is 2.30. The number of rotatable bonds is 15. The molecule has 6 nitrogen and oxygen atoms in total. The van der Waals surface area contributed by atoms with Crippen LogP contribution in [0.4, 0.5) is 0 Å². The van der Waals surface area contributed by atoms with Crippen molar-refractivity contribution in [3.63, 3.8) is 0 Å². The Kier molecular flexibility index (Phi) is 12.2. The van der Waals surface area contributed by atoms with Crippen LogP contribution in [0.2, 0.25) is 0 Å². The standard InChI is InChI=1S/C20H35NO5S/c1-3-4-7-10-17(26-16(2)22)13-14-21-18(23)15-27-19(21)11-8-5-6-9-12-20(24)25/h17,19H,3-15H2,1-2H3,(H,24,25). The van der Waals surface area contributed by atoms with Gasteiger partial charge in [-0.3, -0.25) is 14.4 Å². The average Bonchev–Trinajstić information content (AvgIpc) is 2.95. The number of amides is 1. The minimum atomic E-state index is -0.737. The van der Waals surface area contributed by atoms with Gasteiger partial charge in [-0.2, -0.15) is 0 Å². The SMILES string of the molecule is CCCCCC(CCN1C(=O)CSC1CCCCCCC(=O)O)OC(C)=O. The first-order chi connectivity index (χ1) is 12.9. The van der Waals surface area contributed by atoms with E-state index in [-0.39, 0.29) is 29.8 Å². The summed E-state index contributed by atoms with van der Waals surface area (Å²) in [7, 11) is 0. The maximum atomic E-state index is 12.2. The summed E-state index contributed by atoms with van der Waals surface area (Å²) in [5.74, 6) is -0.292. The predicted molar refractivity (Wildman–Crippen MR) is 108 cm³/mol. The number of hydrogen-bond donors (Lipinski definition) is 1. The Morgan fingerprint density at radius 1 is 1.19 bits per heavy atom. The molecule has 27 heavy (non-hydrogen) atoms. The summed E-state index contributed by atoms with van der Waals surface area (Å²) in [5, 5.41) is 8.85. The second-order valence-electron chi connectivity index (χ2n) is 7.22. The molecule has 2 unspecified atom stereocenters. The van der Waals surface area contributed by atoms with Gasteiger partial charge < -0.3 is 14.7 Å². The number of nitrogens with zero attached hydrogens (tertiary/aromatic N) is 1. The van der Waals surface area contributed by atoms with Gasteiger partial charge in [0, 0.05) is 26.3 Å². The van der Waals surface area contributed by atoms with Crippen LogP contribution < -0.4 is 0 Å². The van der Waals surface area contributed by atoms with Crippen molar-refractivity contribution in [1.82, 2.24) is 4.90 Å². The Morgan fingerprint density at radius 2 is 1.93 bits per heavy atom. The molecule has 0 radical (unpaired) electrons. The first-order valence-corrected chi connectivity index (χ1v) is 11.3. The monoisotopic (exact) mass is 401 g/mol. The summed E-state index contributed by atoms with van der Waals surface area (Å²) in [4.78, 5) is 36.0. The molecule has 2 atom stereocenters. The molecule has 0 aromatic heterocycles. The van der Waals surface area contributed by atoms with E-state index in [9.17, 15) is 14.4 Å². The summed E-state index contributed by atoms with van der Waals surface area (Å²) in [6.45, 7) is 4.23. The zero-order valence-electron chi connectivity index (χ0n) is 16.8. The van der Waals surface area contributed by atoms with Gasteiger partial charge in [0.05, 0.1) is 11.1 Å². The van der Waals surface area contributed by atoms with Crippen molar-refractivity contribution in [1.29, 1.82) is 0 Å². The van der Waals surface area contributed by atoms with Gasteiger partial charge in [0.2, 0.25) is 5.91 Å². The number of aliphatic carboxylic acids is 1. The van der Waals surface area contributed by atoms with Crippen molar-refractivity contribution in [2.24, 2.45) is 0 Å². The Morgan fingerprint density at radius 3 is 2.59 bits per heavy atom. The van der Waals surface area contributed by atoms with E-state index in [0.717, 1.165) is 57.8 Å². The van der Waals surface area contributed by atoms with E-state index in [4.69, 9.17) is 9.84 Å². The van der Waals surface area contributed by atoms with Crippen LogP contribution in [0.3, 0.4) is 0 Å². The molecule has 1 heterocycles. The molecule has 0 bridgehead atoms. The second kappa shape index (κ2) is 13.9. The van der Waals surface area contributed by atoms with Gasteiger partial charge in [0.1, 0.15) is 6.10 Å². The lowest BCUT2D eigenvalue weighted by molar-refractivity contribution is -0.147. The fourth-order valence-electron chi connectivity index (χ4n) is 3.36. The maximum Gasteiger partial charge on any atom is 0.303 e. The quantitative estimate of drug-likeness (QED) is 0.327. The molecule has 1 N–H and O–H groups in total. The van der Waals surface area contributed by atoms with E-state index < -0.39 is 5.97 Å². The van der Waals surface area contributed by atoms with Gasteiger partial charge in [-0.15, -0.1) is 11.8 Å². The number of esters is 1. The van der Waals surface area contributed by atoms with Crippen LogP contribution in [0, 0.1) is 0 Å². The topological polar surface area (TPSA) is 83.9 Å². The van der Waals surface area contributed by atoms with E-state index >= 15 is 0 Å². The van der Waals surface area contributed by atoms with Gasteiger partial charge in [-0.05, 0) is 25.7 Å². The molecular formula is C20H35NO5S. The largest absolute Gasteiger partial charge is 0.481 e. The van der Waals surface area contributed by atoms with Crippen LogP contribution in [-0.4, -0.2) is 51.6 Å². The minimum absolute atomic E-state index is 0.107. The first-order valence-electron chi connectivity index (χ1n) is 10.2. The molecule has 1 rings (SSSR count). The molecule has 1 aliphatic rings. The molecule has 1 amide bonds. The molecule has 1 aliphatic heterocycles. The van der Waals surface area contributed by atoms with Crippen LogP contribution in [0.1, 0.15) is 84.5 Å². The third-order valence-corrected chi connectivity index (χ3v) is 6.10. The van der Waals surface area contributed by atoms with Crippen LogP contribution in [0.5, 0.6) is 0 Å². The first kappa shape index (κ1) is 23.8. The third kappa shape index (κ3) is 10.6. The lowest BCUT2D eigenvalue weighted by Gasteiger charge is -2.26. The fraction of sp³-hybridized carbons (Fsp3) is 0.850. The summed E-state index contributed by atoms with van der Waals surface area (Å²) in [6.07, 6.45) is 9.56. The van der Waals surface area contributed by atoms with Crippen LogP contribution in [0.15, 0.2) is 0 Å². The highest BCUT2D eigenvalue weighted by atomic mass is 32.2. The fourth-order valence-corrected chi connectivity index (χ4v) is 4.60. The normalized spacial score (nSPS) is 17.9. The molecule has 7 heteroatoms. The molecule has 0 aromatic carbocycles. The number of carbonyl (C=O) groups is 3. The number of hydrogen-bond acceptors (Lipinski definition) is 5. The molecule has 0 aromatic rings. The van der Waals surface area contributed by atoms with E-state index in [2.05, 4.69) is 6.92 Å². The zero-order valence-corrected chi connectivity index (χ0v) is 17.6. The highest BCUT2D eigenvalue weighted by molar-refractivity contribution is 8.00.